The minimum absolute atomic E-state index is 0. The predicted molar refractivity (Wildman–Crippen MR) is 102 cm³/mol. The van der Waals surface area contributed by atoms with Crippen LogP contribution in [-0.4, -0.2) is 16.9 Å². The molecule has 0 bridgehead atoms. The lowest BCUT2D eigenvalue weighted by atomic mass is 9.81. The van der Waals surface area contributed by atoms with E-state index in [0.717, 1.165) is 24.3 Å². The van der Waals surface area contributed by atoms with Crippen LogP contribution in [0.1, 0.15) is 49.9 Å². The maximum absolute atomic E-state index is 6.14. The number of hydrogen-bond donors (Lipinski definition) is 0. The van der Waals surface area contributed by atoms with Crippen molar-refractivity contribution in [2.45, 2.75) is 51.7 Å². The summed E-state index contributed by atoms with van der Waals surface area (Å²) in [6.07, 6.45) is 1.92. The highest BCUT2D eigenvalue weighted by Gasteiger charge is 2.37. The van der Waals surface area contributed by atoms with Crippen LogP contribution in [0.25, 0.3) is 0 Å². The number of rotatable bonds is 1. The second-order valence-corrected chi connectivity index (χ2v) is 7.93. The molecule has 2 aromatic carbocycles. The Bertz CT molecular complexity index is 806. The minimum Gasteiger partial charge on any atom is -0.487 e. The molecule has 4 rings (SSSR count). The zero-order chi connectivity index (χ0) is 16.2. The third kappa shape index (κ3) is 2.84. The number of ether oxygens (including phenoxy) is 1. The number of hydrogen-bond acceptors (Lipinski definition) is 2. The molecule has 0 aliphatic carbocycles. The van der Waals surface area contributed by atoms with Crippen molar-refractivity contribution in [3.05, 3.63) is 64.7 Å². The Labute approximate surface area is 150 Å². The Morgan fingerprint density at radius 3 is 2.33 bits per heavy atom. The molecule has 0 saturated carbocycles. The molecule has 0 atom stereocenters. The molecule has 0 fully saturated rings. The summed E-state index contributed by atoms with van der Waals surface area (Å²) in [7, 11) is 0. The van der Waals surface area contributed by atoms with Crippen LogP contribution in [0.4, 0.5) is 0 Å². The van der Waals surface area contributed by atoms with Gasteiger partial charge in [0.1, 0.15) is 11.4 Å². The average Bonchev–Trinajstić information content (AvgIpc) is 2.80. The molecule has 2 aliphatic heterocycles. The zero-order valence-electron chi connectivity index (χ0n) is 14.7. The number of nitrogens with zero attached hydrogens (tertiary/aromatic N) is 1. The van der Waals surface area contributed by atoms with E-state index in [0.29, 0.717) is 0 Å². The first-order valence-corrected chi connectivity index (χ1v) is 8.34. The van der Waals surface area contributed by atoms with Gasteiger partial charge in [0.15, 0.2) is 0 Å². The first kappa shape index (κ1) is 17.0. The van der Waals surface area contributed by atoms with Crippen LogP contribution in [0.2, 0.25) is 0 Å². The molecule has 0 unspecified atom stereocenters. The molecule has 2 aliphatic rings. The first-order valence-electron chi connectivity index (χ1n) is 8.34. The molecule has 2 heterocycles. The van der Waals surface area contributed by atoms with Gasteiger partial charge in [-0.05, 0) is 45.7 Å². The van der Waals surface area contributed by atoms with E-state index in [1.165, 1.54) is 22.3 Å². The summed E-state index contributed by atoms with van der Waals surface area (Å²) in [5.74, 6) is 1.03. The van der Waals surface area contributed by atoms with Crippen molar-refractivity contribution in [3.8, 4) is 5.75 Å². The van der Waals surface area contributed by atoms with Gasteiger partial charge in [-0.3, -0.25) is 4.99 Å². The third-order valence-electron chi connectivity index (χ3n) is 4.67. The molecule has 126 valence electrons. The lowest BCUT2D eigenvalue weighted by molar-refractivity contribution is 0.138. The predicted octanol–water partition coefficient (Wildman–Crippen LogP) is 4.99. The van der Waals surface area contributed by atoms with Gasteiger partial charge in [-0.2, -0.15) is 0 Å². The number of aliphatic imine (C=N–C) groups is 1. The quantitative estimate of drug-likeness (QED) is 0.715. The molecular formula is C21H24ClNO. The SMILES string of the molecule is CC1(C)Cc2ccc3c(c2C(c2ccccc2)=N1)CC(C)(C)O3.Cl. The summed E-state index contributed by atoms with van der Waals surface area (Å²) >= 11 is 0. The fraction of sp³-hybridized carbons (Fsp3) is 0.381. The summed E-state index contributed by atoms with van der Waals surface area (Å²) in [6, 6.07) is 14.9. The fourth-order valence-corrected chi connectivity index (χ4v) is 3.82. The van der Waals surface area contributed by atoms with Crippen LogP contribution < -0.4 is 4.74 Å². The summed E-state index contributed by atoms with van der Waals surface area (Å²) in [4.78, 5) is 5.11. The third-order valence-corrected chi connectivity index (χ3v) is 4.67. The lowest BCUT2D eigenvalue weighted by Crippen LogP contribution is -2.30. The van der Waals surface area contributed by atoms with E-state index >= 15 is 0 Å². The normalized spacial score (nSPS) is 19.4. The Hall–Kier alpha value is -1.80. The van der Waals surface area contributed by atoms with Crippen LogP contribution in [0, 0.1) is 0 Å². The van der Waals surface area contributed by atoms with Gasteiger partial charge in [-0.15, -0.1) is 12.4 Å². The van der Waals surface area contributed by atoms with Crippen LogP contribution in [0.15, 0.2) is 47.5 Å². The van der Waals surface area contributed by atoms with Crippen molar-refractivity contribution in [1.29, 1.82) is 0 Å². The van der Waals surface area contributed by atoms with Gasteiger partial charge in [0.2, 0.25) is 0 Å². The highest BCUT2D eigenvalue weighted by Crippen LogP contribution is 2.42. The second kappa shape index (κ2) is 5.63. The van der Waals surface area contributed by atoms with E-state index in [-0.39, 0.29) is 23.5 Å². The van der Waals surface area contributed by atoms with Crippen molar-refractivity contribution in [1.82, 2.24) is 0 Å². The summed E-state index contributed by atoms with van der Waals surface area (Å²) in [6.45, 7) is 8.75. The summed E-state index contributed by atoms with van der Waals surface area (Å²) in [5.41, 5.74) is 6.14. The molecule has 2 nitrogen and oxygen atoms in total. The lowest BCUT2D eigenvalue weighted by Gasteiger charge is -2.30. The zero-order valence-corrected chi connectivity index (χ0v) is 15.5. The molecule has 2 aromatic rings. The smallest absolute Gasteiger partial charge is 0.124 e. The second-order valence-electron chi connectivity index (χ2n) is 7.93. The van der Waals surface area contributed by atoms with Crippen molar-refractivity contribution in [2.75, 3.05) is 0 Å². The van der Waals surface area contributed by atoms with Crippen LogP contribution in [0.5, 0.6) is 5.75 Å². The van der Waals surface area contributed by atoms with Gasteiger partial charge < -0.3 is 4.74 Å². The van der Waals surface area contributed by atoms with Gasteiger partial charge in [-0.1, -0.05) is 36.4 Å². The van der Waals surface area contributed by atoms with E-state index < -0.39 is 0 Å². The van der Waals surface area contributed by atoms with Gasteiger partial charge in [0.25, 0.3) is 0 Å². The Balaban J connectivity index is 0.00000169. The standard InChI is InChI=1S/C21H23NO.ClH/c1-20(2)12-15-10-11-17-16(13-21(3,4)23-17)18(15)19(22-20)14-8-6-5-7-9-14;/h5-11H,12-13H2,1-4H3;1H. The molecule has 0 N–H and O–H groups in total. The maximum atomic E-state index is 6.14. The van der Waals surface area contributed by atoms with E-state index in [4.69, 9.17) is 9.73 Å². The average molecular weight is 342 g/mol. The van der Waals surface area contributed by atoms with Crippen LogP contribution in [-0.2, 0) is 12.8 Å². The van der Waals surface area contributed by atoms with Gasteiger partial charge in [-0.25, -0.2) is 0 Å². The molecule has 3 heteroatoms. The Kier molecular flexibility index (Phi) is 4.00. The monoisotopic (exact) mass is 341 g/mol. The fourth-order valence-electron chi connectivity index (χ4n) is 3.82. The van der Waals surface area contributed by atoms with Crippen molar-refractivity contribution in [3.63, 3.8) is 0 Å². The van der Waals surface area contributed by atoms with Gasteiger partial charge in [0.05, 0.1) is 11.3 Å². The minimum atomic E-state index is -0.133. The number of benzene rings is 2. The molecule has 0 radical (unpaired) electrons. The summed E-state index contributed by atoms with van der Waals surface area (Å²) < 4.78 is 6.14. The van der Waals surface area contributed by atoms with Crippen molar-refractivity contribution < 1.29 is 4.74 Å². The van der Waals surface area contributed by atoms with Crippen molar-refractivity contribution >= 4 is 18.1 Å². The highest BCUT2D eigenvalue weighted by molar-refractivity contribution is 6.15. The van der Waals surface area contributed by atoms with Crippen LogP contribution >= 0.6 is 12.4 Å². The largest absolute Gasteiger partial charge is 0.487 e. The molecule has 0 saturated heterocycles. The van der Waals surface area contributed by atoms with E-state index in [1.807, 2.05) is 0 Å². The number of halogens is 1. The van der Waals surface area contributed by atoms with E-state index in [2.05, 4.69) is 70.2 Å². The van der Waals surface area contributed by atoms with Crippen LogP contribution in [0.3, 0.4) is 0 Å². The molecule has 0 aromatic heterocycles. The van der Waals surface area contributed by atoms with Crippen molar-refractivity contribution in [2.24, 2.45) is 4.99 Å². The molecule has 24 heavy (non-hydrogen) atoms. The summed E-state index contributed by atoms with van der Waals surface area (Å²) in [5, 5.41) is 0. The molecule has 0 spiro atoms. The molecular weight excluding hydrogens is 318 g/mol. The maximum Gasteiger partial charge on any atom is 0.124 e. The van der Waals surface area contributed by atoms with E-state index in [1.54, 1.807) is 0 Å². The van der Waals surface area contributed by atoms with Gasteiger partial charge >= 0.3 is 0 Å². The first-order chi connectivity index (χ1) is 10.8. The van der Waals surface area contributed by atoms with E-state index in [9.17, 15) is 0 Å². The topological polar surface area (TPSA) is 21.6 Å². The molecule has 0 amide bonds. The van der Waals surface area contributed by atoms with Gasteiger partial charge in [0, 0.05) is 23.1 Å². The Morgan fingerprint density at radius 1 is 0.917 bits per heavy atom. The number of fused-ring (bicyclic) bond motifs is 3. The highest BCUT2D eigenvalue weighted by atomic mass is 35.5. The Morgan fingerprint density at radius 2 is 1.62 bits per heavy atom.